The molecular formula is C18H20N4O4S. The molecule has 0 spiro atoms. The number of fused-ring (bicyclic) bond motifs is 1. The van der Waals surface area contributed by atoms with E-state index in [4.69, 9.17) is 4.74 Å². The highest BCUT2D eigenvalue weighted by Crippen LogP contribution is 2.25. The van der Waals surface area contributed by atoms with E-state index in [9.17, 15) is 13.2 Å². The summed E-state index contributed by atoms with van der Waals surface area (Å²) in [6.07, 6.45) is 4.21. The molecule has 2 heterocycles. The molecule has 1 fully saturated rings. The number of carbonyl (C=O) groups excluding carboxylic acids is 1. The number of sulfonamides is 1. The Hall–Kier alpha value is -2.36. The van der Waals surface area contributed by atoms with Crippen LogP contribution in [0.5, 0.6) is 0 Å². The summed E-state index contributed by atoms with van der Waals surface area (Å²) in [6.45, 7) is 1.46. The number of amides is 1. The first-order chi connectivity index (χ1) is 13.1. The molecule has 1 amide bonds. The number of aromatic nitrogens is 2. The smallest absolute Gasteiger partial charge is 0.256 e. The molecule has 1 saturated heterocycles. The van der Waals surface area contributed by atoms with Gasteiger partial charge in [-0.1, -0.05) is 0 Å². The van der Waals surface area contributed by atoms with Gasteiger partial charge in [-0.25, -0.2) is 18.4 Å². The van der Waals surface area contributed by atoms with E-state index in [0.717, 1.165) is 30.5 Å². The molecule has 0 radical (unpaired) electrons. The number of rotatable bonds is 4. The molecule has 0 saturated carbocycles. The van der Waals surface area contributed by atoms with Gasteiger partial charge in [0.15, 0.2) is 0 Å². The number of hydrogen-bond donors (Lipinski definition) is 1. The third kappa shape index (κ3) is 3.58. The topological polar surface area (TPSA) is 101 Å². The van der Waals surface area contributed by atoms with Gasteiger partial charge in [-0.15, -0.1) is 0 Å². The van der Waals surface area contributed by atoms with Gasteiger partial charge in [0.2, 0.25) is 10.0 Å². The van der Waals surface area contributed by atoms with Crippen LogP contribution in [0.25, 0.3) is 0 Å². The molecule has 27 heavy (non-hydrogen) atoms. The highest BCUT2D eigenvalue weighted by molar-refractivity contribution is 7.89. The van der Waals surface area contributed by atoms with E-state index in [2.05, 4.69) is 15.3 Å². The number of hydrogen-bond acceptors (Lipinski definition) is 6. The first-order valence-corrected chi connectivity index (χ1v) is 10.3. The maximum absolute atomic E-state index is 12.6. The SMILES string of the molecule is O=C(Nc1ncnc2c1CCC2)c1ccc(S(=O)(=O)N2CCOCC2)cc1. The van der Waals surface area contributed by atoms with Crippen LogP contribution in [-0.2, 0) is 27.6 Å². The lowest BCUT2D eigenvalue weighted by Crippen LogP contribution is -2.40. The monoisotopic (exact) mass is 388 g/mol. The Morgan fingerprint density at radius 2 is 1.81 bits per heavy atom. The predicted molar refractivity (Wildman–Crippen MR) is 98.0 cm³/mol. The third-order valence-corrected chi connectivity index (χ3v) is 6.74. The summed E-state index contributed by atoms with van der Waals surface area (Å²) in [4.78, 5) is 21.1. The van der Waals surface area contributed by atoms with Gasteiger partial charge in [0.25, 0.3) is 5.91 Å². The van der Waals surface area contributed by atoms with Crippen molar-refractivity contribution >= 4 is 21.7 Å². The van der Waals surface area contributed by atoms with Crippen LogP contribution in [0.15, 0.2) is 35.5 Å². The third-order valence-electron chi connectivity index (χ3n) is 4.83. The van der Waals surface area contributed by atoms with Crippen molar-refractivity contribution in [2.75, 3.05) is 31.6 Å². The van der Waals surface area contributed by atoms with Crippen LogP contribution in [0.4, 0.5) is 5.82 Å². The summed E-state index contributed by atoms with van der Waals surface area (Å²) in [5.41, 5.74) is 2.34. The minimum Gasteiger partial charge on any atom is -0.379 e. The number of anilines is 1. The quantitative estimate of drug-likeness (QED) is 0.846. The normalized spacial score (nSPS) is 17.5. The zero-order chi connectivity index (χ0) is 18.9. The summed E-state index contributed by atoms with van der Waals surface area (Å²) in [6, 6.07) is 5.96. The Morgan fingerprint density at radius 1 is 1.07 bits per heavy atom. The van der Waals surface area contributed by atoms with Crippen molar-refractivity contribution in [1.82, 2.24) is 14.3 Å². The van der Waals surface area contributed by atoms with Crippen molar-refractivity contribution in [3.05, 3.63) is 47.4 Å². The predicted octanol–water partition coefficient (Wildman–Crippen LogP) is 1.24. The van der Waals surface area contributed by atoms with Crippen LogP contribution in [-0.4, -0.2) is 54.9 Å². The van der Waals surface area contributed by atoms with Gasteiger partial charge in [-0.05, 0) is 43.5 Å². The van der Waals surface area contributed by atoms with Crippen molar-refractivity contribution in [3.63, 3.8) is 0 Å². The van der Waals surface area contributed by atoms with Gasteiger partial charge in [-0.2, -0.15) is 4.31 Å². The number of nitrogens with zero attached hydrogens (tertiary/aromatic N) is 3. The molecule has 2 aromatic rings. The van der Waals surface area contributed by atoms with Gasteiger partial charge >= 0.3 is 0 Å². The lowest BCUT2D eigenvalue weighted by atomic mass is 10.2. The summed E-state index contributed by atoms with van der Waals surface area (Å²) in [5.74, 6) is 0.214. The molecule has 2 aliphatic rings. The van der Waals surface area contributed by atoms with Gasteiger partial charge in [0, 0.05) is 29.9 Å². The van der Waals surface area contributed by atoms with E-state index >= 15 is 0 Å². The fourth-order valence-electron chi connectivity index (χ4n) is 3.36. The number of carbonyl (C=O) groups is 1. The summed E-state index contributed by atoms with van der Waals surface area (Å²) in [7, 11) is -3.57. The van der Waals surface area contributed by atoms with Crippen LogP contribution in [0.2, 0.25) is 0 Å². The van der Waals surface area contributed by atoms with Crippen LogP contribution in [0.3, 0.4) is 0 Å². The molecule has 142 valence electrons. The fourth-order valence-corrected chi connectivity index (χ4v) is 4.77. The zero-order valence-electron chi connectivity index (χ0n) is 14.7. The average Bonchev–Trinajstić information content (AvgIpc) is 3.19. The maximum atomic E-state index is 12.6. The molecule has 0 atom stereocenters. The molecule has 1 aliphatic heterocycles. The first kappa shape index (κ1) is 18.0. The molecule has 0 bridgehead atoms. The number of aryl methyl sites for hydroxylation is 1. The number of nitrogens with one attached hydrogen (secondary N) is 1. The minimum atomic E-state index is -3.57. The van der Waals surface area contributed by atoms with Gasteiger partial charge < -0.3 is 10.1 Å². The average molecular weight is 388 g/mol. The van der Waals surface area contributed by atoms with Crippen LogP contribution in [0.1, 0.15) is 28.0 Å². The second-order valence-electron chi connectivity index (χ2n) is 6.50. The Bertz CT molecular complexity index is 954. The summed E-state index contributed by atoms with van der Waals surface area (Å²) >= 11 is 0. The Kier molecular flexibility index (Phi) is 4.90. The van der Waals surface area contributed by atoms with Crippen LogP contribution >= 0.6 is 0 Å². The van der Waals surface area contributed by atoms with E-state index in [1.807, 2.05) is 0 Å². The lowest BCUT2D eigenvalue weighted by molar-refractivity contribution is 0.0730. The van der Waals surface area contributed by atoms with E-state index in [1.54, 1.807) is 0 Å². The van der Waals surface area contributed by atoms with Crippen molar-refractivity contribution in [1.29, 1.82) is 0 Å². The van der Waals surface area contributed by atoms with Crippen molar-refractivity contribution in [2.24, 2.45) is 0 Å². The molecule has 1 aliphatic carbocycles. The van der Waals surface area contributed by atoms with E-state index in [0.29, 0.717) is 37.7 Å². The second kappa shape index (κ2) is 7.34. The Morgan fingerprint density at radius 3 is 2.56 bits per heavy atom. The van der Waals surface area contributed by atoms with Crippen molar-refractivity contribution < 1.29 is 17.9 Å². The molecule has 1 aromatic heterocycles. The second-order valence-corrected chi connectivity index (χ2v) is 8.43. The molecule has 9 heteroatoms. The van der Waals surface area contributed by atoms with Gasteiger partial charge in [0.1, 0.15) is 12.1 Å². The van der Waals surface area contributed by atoms with E-state index in [-0.39, 0.29) is 10.8 Å². The van der Waals surface area contributed by atoms with Crippen molar-refractivity contribution in [2.45, 2.75) is 24.2 Å². The molecule has 8 nitrogen and oxygen atoms in total. The molecular weight excluding hydrogens is 368 g/mol. The standard InChI is InChI=1S/C18H20N4O4S/c23-18(21-17-15-2-1-3-16(15)19-12-20-17)13-4-6-14(7-5-13)27(24,25)22-8-10-26-11-9-22/h4-7,12H,1-3,8-11H2,(H,19,20,21,23). The highest BCUT2D eigenvalue weighted by Gasteiger charge is 2.26. The van der Waals surface area contributed by atoms with Crippen LogP contribution in [0, 0.1) is 0 Å². The number of morpholine rings is 1. The zero-order valence-corrected chi connectivity index (χ0v) is 15.5. The van der Waals surface area contributed by atoms with Gasteiger partial charge in [0.05, 0.1) is 18.1 Å². The number of benzene rings is 1. The number of ether oxygens (including phenoxy) is 1. The van der Waals surface area contributed by atoms with Crippen molar-refractivity contribution in [3.8, 4) is 0 Å². The first-order valence-electron chi connectivity index (χ1n) is 8.88. The Balaban J connectivity index is 1.50. The maximum Gasteiger partial charge on any atom is 0.256 e. The summed E-state index contributed by atoms with van der Waals surface area (Å²) < 4.78 is 31.9. The summed E-state index contributed by atoms with van der Waals surface area (Å²) in [5, 5.41) is 2.81. The van der Waals surface area contributed by atoms with Crippen LogP contribution < -0.4 is 5.32 Å². The molecule has 1 aromatic carbocycles. The van der Waals surface area contributed by atoms with E-state index < -0.39 is 10.0 Å². The fraction of sp³-hybridized carbons (Fsp3) is 0.389. The van der Waals surface area contributed by atoms with E-state index in [1.165, 1.54) is 34.9 Å². The molecule has 0 unspecified atom stereocenters. The molecule has 4 rings (SSSR count). The highest BCUT2D eigenvalue weighted by atomic mass is 32.2. The largest absolute Gasteiger partial charge is 0.379 e. The lowest BCUT2D eigenvalue weighted by Gasteiger charge is -2.26. The minimum absolute atomic E-state index is 0.170. The molecule has 1 N–H and O–H groups in total. The van der Waals surface area contributed by atoms with Gasteiger partial charge in [-0.3, -0.25) is 4.79 Å². The Labute approximate surface area is 157 Å².